The molecular weight excluding hydrogens is 272 g/mol. The van der Waals surface area contributed by atoms with Gasteiger partial charge in [0, 0.05) is 17.3 Å². The molecule has 0 aliphatic heterocycles. The topological polar surface area (TPSA) is 108 Å². The van der Waals surface area contributed by atoms with Gasteiger partial charge in [0.05, 0.1) is 11.8 Å². The Bertz CT molecular complexity index is 841. The van der Waals surface area contributed by atoms with Crippen LogP contribution in [-0.4, -0.2) is 31.9 Å². The van der Waals surface area contributed by atoms with Crippen molar-refractivity contribution in [3.8, 4) is 0 Å². The van der Waals surface area contributed by atoms with Crippen molar-refractivity contribution in [2.75, 3.05) is 5.32 Å². The van der Waals surface area contributed by atoms with Crippen LogP contribution < -0.4 is 5.32 Å². The van der Waals surface area contributed by atoms with E-state index in [-0.39, 0.29) is 11.4 Å². The quantitative estimate of drug-likeness (QED) is 0.680. The number of nitrogens with one attached hydrogen (secondary N) is 2. The molecule has 0 fully saturated rings. The minimum atomic E-state index is -1.24. The zero-order valence-electron chi connectivity index (χ0n) is 10.7. The third-order valence-electron chi connectivity index (χ3n) is 2.93. The van der Waals surface area contributed by atoms with Gasteiger partial charge < -0.3 is 15.4 Å². The molecule has 3 rings (SSSR count). The standard InChI is InChI=1S/C14H10N4O3/c19-13(11-12(14(20)21)17-7-16-11)18-9-3-4-10-8(6-9)2-1-5-15-10/h1-7H,(H,16,17)(H,18,19)(H,20,21). The fourth-order valence-corrected chi connectivity index (χ4v) is 1.97. The summed E-state index contributed by atoms with van der Waals surface area (Å²) < 4.78 is 0. The molecule has 1 amide bonds. The molecule has 2 heterocycles. The van der Waals surface area contributed by atoms with Crippen LogP contribution in [0.2, 0.25) is 0 Å². The third-order valence-corrected chi connectivity index (χ3v) is 2.93. The first kappa shape index (κ1) is 12.8. The Hall–Kier alpha value is -3.22. The van der Waals surface area contributed by atoms with E-state index in [1.165, 1.54) is 6.33 Å². The van der Waals surface area contributed by atoms with E-state index in [0.717, 1.165) is 10.9 Å². The molecule has 7 nitrogen and oxygen atoms in total. The third kappa shape index (κ3) is 2.44. The summed E-state index contributed by atoms with van der Waals surface area (Å²) in [5.74, 6) is -1.82. The highest BCUT2D eigenvalue weighted by atomic mass is 16.4. The summed E-state index contributed by atoms with van der Waals surface area (Å²) in [5.41, 5.74) is 0.949. The Kier molecular flexibility index (Phi) is 3.07. The number of carboxylic acids is 1. The molecule has 0 spiro atoms. The molecule has 0 aliphatic rings. The minimum absolute atomic E-state index is 0.159. The van der Waals surface area contributed by atoms with Crippen molar-refractivity contribution in [1.29, 1.82) is 0 Å². The maximum Gasteiger partial charge on any atom is 0.354 e. The summed E-state index contributed by atoms with van der Waals surface area (Å²) in [7, 11) is 0. The lowest BCUT2D eigenvalue weighted by Gasteiger charge is -2.05. The van der Waals surface area contributed by atoms with Crippen LogP contribution in [0.15, 0.2) is 42.9 Å². The van der Waals surface area contributed by atoms with E-state index in [2.05, 4.69) is 20.3 Å². The van der Waals surface area contributed by atoms with Gasteiger partial charge in [-0.3, -0.25) is 9.78 Å². The van der Waals surface area contributed by atoms with Crippen molar-refractivity contribution < 1.29 is 14.7 Å². The van der Waals surface area contributed by atoms with Gasteiger partial charge in [-0.25, -0.2) is 9.78 Å². The number of fused-ring (bicyclic) bond motifs is 1. The Balaban J connectivity index is 1.89. The van der Waals surface area contributed by atoms with Gasteiger partial charge in [0.1, 0.15) is 0 Å². The number of amides is 1. The predicted octanol–water partition coefficient (Wildman–Crippen LogP) is 1.91. The Morgan fingerprint density at radius 2 is 2.05 bits per heavy atom. The van der Waals surface area contributed by atoms with Crippen molar-refractivity contribution in [1.82, 2.24) is 15.0 Å². The summed E-state index contributed by atoms with van der Waals surface area (Å²) in [4.78, 5) is 33.4. The van der Waals surface area contributed by atoms with E-state index >= 15 is 0 Å². The number of rotatable bonds is 3. The highest BCUT2D eigenvalue weighted by Crippen LogP contribution is 2.18. The fourth-order valence-electron chi connectivity index (χ4n) is 1.97. The largest absolute Gasteiger partial charge is 0.477 e. The molecule has 0 aliphatic carbocycles. The maximum absolute atomic E-state index is 12.1. The van der Waals surface area contributed by atoms with E-state index in [9.17, 15) is 9.59 Å². The first-order chi connectivity index (χ1) is 10.1. The number of carbonyl (C=O) groups is 2. The summed E-state index contributed by atoms with van der Waals surface area (Å²) in [5, 5.41) is 12.4. The summed E-state index contributed by atoms with van der Waals surface area (Å²) in [6, 6.07) is 8.89. The summed E-state index contributed by atoms with van der Waals surface area (Å²) in [6.45, 7) is 0. The zero-order chi connectivity index (χ0) is 14.8. The number of anilines is 1. The van der Waals surface area contributed by atoms with Crippen LogP contribution >= 0.6 is 0 Å². The van der Waals surface area contributed by atoms with Gasteiger partial charge in [-0.1, -0.05) is 6.07 Å². The molecule has 1 aromatic carbocycles. The number of aromatic carboxylic acids is 1. The van der Waals surface area contributed by atoms with Gasteiger partial charge in [-0.15, -0.1) is 0 Å². The lowest BCUT2D eigenvalue weighted by atomic mass is 10.2. The lowest BCUT2D eigenvalue weighted by Crippen LogP contribution is -2.16. The molecule has 2 aromatic heterocycles. The van der Waals surface area contributed by atoms with Crippen LogP contribution in [-0.2, 0) is 0 Å². The summed E-state index contributed by atoms with van der Waals surface area (Å²) in [6.07, 6.45) is 2.85. The molecule has 0 radical (unpaired) electrons. The number of hydrogen-bond acceptors (Lipinski definition) is 4. The van der Waals surface area contributed by atoms with Crippen molar-refractivity contribution >= 4 is 28.5 Å². The number of hydrogen-bond donors (Lipinski definition) is 3. The second-order valence-corrected chi connectivity index (χ2v) is 4.30. The SMILES string of the molecule is O=C(Nc1ccc2ncccc2c1)c1nc[nH]c1C(=O)O. The zero-order valence-corrected chi connectivity index (χ0v) is 10.7. The van der Waals surface area contributed by atoms with Crippen LogP contribution in [0.25, 0.3) is 10.9 Å². The Labute approximate surface area is 118 Å². The van der Waals surface area contributed by atoms with Gasteiger partial charge in [0.15, 0.2) is 11.4 Å². The maximum atomic E-state index is 12.1. The number of pyridine rings is 1. The van der Waals surface area contributed by atoms with E-state index in [4.69, 9.17) is 5.11 Å². The first-order valence-electron chi connectivity index (χ1n) is 6.08. The number of carbonyl (C=O) groups excluding carboxylic acids is 1. The molecule has 0 atom stereocenters. The Morgan fingerprint density at radius 3 is 2.86 bits per heavy atom. The molecule has 0 saturated carbocycles. The van der Waals surface area contributed by atoms with Gasteiger partial charge in [-0.2, -0.15) is 0 Å². The number of aromatic nitrogens is 3. The van der Waals surface area contributed by atoms with E-state index < -0.39 is 11.9 Å². The van der Waals surface area contributed by atoms with Crippen molar-refractivity contribution in [2.45, 2.75) is 0 Å². The predicted molar refractivity (Wildman–Crippen MR) is 75.2 cm³/mol. The van der Waals surface area contributed by atoms with Crippen molar-refractivity contribution in [2.24, 2.45) is 0 Å². The van der Waals surface area contributed by atoms with Crippen LogP contribution in [0.3, 0.4) is 0 Å². The van der Waals surface area contributed by atoms with Gasteiger partial charge in [0.2, 0.25) is 0 Å². The normalized spacial score (nSPS) is 10.5. The summed E-state index contributed by atoms with van der Waals surface area (Å²) >= 11 is 0. The Morgan fingerprint density at radius 1 is 1.19 bits per heavy atom. The fraction of sp³-hybridized carbons (Fsp3) is 0. The molecule has 3 N–H and O–H groups in total. The highest BCUT2D eigenvalue weighted by molar-refractivity contribution is 6.09. The van der Waals surface area contributed by atoms with E-state index in [0.29, 0.717) is 5.69 Å². The van der Waals surface area contributed by atoms with Crippen LogP contribution in [0.4, 0.5) is 5.69 Å². The van der Waals surface area contributed by atoms with Crippen LogP contribution in [0.5, 0.6) is 0 Å². The minimum Gasteiger partial charge on any atom is -0.477 e. The average Bonchev–Trinajstić information content (AvgIpc) is 2.97. The first-order valence-corrected chi connectivity index (χ1v) is 6.08. The van der Waals surface area contributed by atoms with Gasteiger partial charge in [0.25, 0.3) is 5.91 Å². The van der Waals surface area contributed by atoms with Gasteiger partial charge in [-0.05, 0) is 24.3 Å². The molecule has 0 unspecified atom stereocenters. The monoisotopic (exact) mass is 282 g/mol. The molecule has 104 valence electrons. The number of H-pyrrole nitrogens is 1. The lowest BCUT2D eigenvalue weighted by molar-refractivity contribution is 0.0686. The number of carboxylic acid groups (broad SMARTS) is 1. The highest BCUT2D eigenvalue weighted by Gasteiger charge is 2.19. The van der Waals surface area contributed by atoms with Gasteiger partial charge >= 0.3 is 5.97 Å². The van der Waals surface area contributed by atoms with Crippen molar-refractivity contribution in [3.05, 3.63) is 54.2 Å². The van der Waals surface area contributed by atoms with Crippen LogP contribution in [0.1, 0.15) is 21.0 Å². The number of nitrogens with zero attached hydrogens (tertiary/aromatic N) is 2. The number of aromatic amines is 1. The number of benzene rings is 1. The smallest absolute Gasteiger partial charge is 0.354 e. The second-order valence-electron chi connectivity index (χ2n) is 4.30. The van der Waals surface area contributed by atoms with Crippen molar-refractivity contribution in [3.63, 3.8) is 0 Å². The molecule has 0 saturated heterocycles. The molecular formula is C14H10N4O3. The van der Waals surface area contributed by atoms with E-state index in [1.54, 1.807) is 30.5 Å². The molecule has 0 bridgehead atoms. The van der Waals surface area contributed by atoms with Crippen LogP contribution in [0, 0.1) is 0 Å². The molecule has 3 aromatic rings. The second kappa shape index (κ2) is 5.04. The number of imidazole rings is 1. The van der Waals surface area contributed by atoms with E-state index in [1.807, 2.05) is 6.07 Å². The molecule has 21 heavy (non-hydrogen) atoms. The molecule has 7 heteroatoms. The average molecular weight is 282 g/mol.